The van der Waals surface area contributed by atoms with Crippen LogP contribution in [-0.4, -0.2) is 48.6 Å². The number of nitrogens with zero attached hydrogens (tertiary/aromatic N) is 3. The molecule has 2 atom stereocenters. The monoisotopic (exact) mass is 457 g/mol. The van der Waals surface area contributed by atoms with Crippen LogP contribution >= 0.6 is 0 Å². The maximum atomic E-state index is 13.2. The zero-order valence-electron chi connectivity index (χ0n) is 16.9. The molecule has 2 aliphatic rings. The second kappa shape index (κ2) is 7.99. The number of amides is 1. The van der Waals surface area contributed by atoms with E-state index < -0.39 is 16.2 Å². The summed E-state index contributed by atoms with van der Waals surface area (Å²) in [6.07, 6.45) is 0.369. The van der Waals surface area contributed by atoms with Gasteiger partial charge in [0, 0.05) is 18.7 Å². The van der Waals surface area contributed by atoms with Gasteiger partial charge in [0.05, 0.1) is 11.6 Å². The first-order chi connectivity index (χ1) is 15.4. The molecule has 3 heterocycles. The predicted molar refractivity (Wildman–Crippen MR) is 112 cm³/mol. The van der Waals surface area contributed by atoms with E-state index in [-0.39, 0.29) is 22.5 Å². The van der Waals surface area contributed by atoms with E-state index >= 15 is 0 Å². The molecule has 0 radical (unpaired) electrons. The molecule has 9 nitrogen and oxygen atoms in total. The van der Waals surface area contributed by atoms with Crippen molar-refractivity contribution in [2.24, 2.45) is 0 Å². The molecule has 166 valence electrons. The van der Waals surface area contributed by atoms with Crippen LogP contribution in [0.1, 0.15) is 24.7 Å². The number of anilines is 1. The van der Waals surface area contributed by atoms with E-state index in [2.05, 4.69) is 20.2 Å². The number of fused-ring (bicyclic) bond motifs is 1. The average Bonchev–Trinajstić information content (AvgIpc) is 3.29. The van der Waals surface area contributed by atoms with Gasteiger partial charge in [-0.1, -0.05) is 17.3 Å². The largest absolute Gasteiger partial charge is 0.360 e. The van der Waals surface area contributed by atoms with Crippen molar-refractivity contribution in [3.63, 3.8) is 0 Å². The van der Waals surface area contributed by atoms with Crippen LogP contribution in [0.5, 0.6) is 0 Å². The maximum absolute atomic E-state index is 13.2. The molecular formula is C21H20FN5O4S. The highest BCUT2D eigenvalue weighted by Crippen LogP contribution is 2.30. The van der Waals surface area contributed by atoms with Gasteiger partial charge in [-0.3, -0.25) is 4.79 Å². The van der Waals surface area contributed by atoms with Crippen molar-refractivity contribution >= 4 is 21.6 Å². The summed E-state index contributed by atoms with van der Waals surface area (Å²) in [6.45, 7) is 0.821. The number of aromatic nitrogens is 2. The molecule has 1 aromatic heterocycles. The van der Waals surface area contributed by atoms with Gasteiger partial charge in [-0.25, -0.2) is 12.8 Å². The molecule has 3 aromatic rings. The van der Waals surface area contributed by atoms with Crippen LogP contribution in [0, 0.1) is 5.82 Å². The minimum Gasteiger partial charge on any atom is -0.360 e. The molecule has 2 aliphatic heterocycles. The van der Waals surface area contributed by atoms with Crippen LogP contribution < -0.4 is 10.0 Å². The summed E-state index contributed by atoms with van der Waals surface area (Å²) >= 11 is 0. The third kappa shape index (κ3) is 3.84. The minimum absolute atomic E-state index is 0.111. The maximum Gasteiger partial charge on any atom is 0.261 e. The highest BCUT2D eigenvalue weighted by atomic mass is 32.2. The van der Waals surface area contributed by atoms with E-state index in [0.717, 1.165) is 6.42 Å². The van der Waals surface area contributed by atoms with E-state index in [1.165, 1.54) is 18.2 Å². The van der Waals surface area contributed by atoms with Crippen LogP contribution in [0.2, 0.25) is 0 Å². The van der Waals surface area contributed by atoms with Crippen molar-refractivity contribution in [1.29, 1.82) is 0 Å². The zero-order chi connectivity index (χ0) is 22.3. The van der Waals surface area contributed by atoms with Crippen molar-refractivity contribution in [3.05, 3.63) is 60.2 Å². The number of para-hydroxylation sites is 1. The first-order valence-electron chi connectivity index (χ1n) is 10.2. The lowest BCUT2D eigenvalue weighted by molar-refractivity contribution is -0.133. The molecular weight excluding hydrogens is 437 g/mol. The van der Waals surface area contributed by atoms with Crippen molar-refractivity contribution in [2.45, 2.75) is 29.8 Å². The van der Waals surface area contributed by atoms with Crippen LogP contribution in [0.15, 0.2) is 57.9 Å². The molecule has 2 N–H and O–H groups in total. The van der Waals surface area contributed by atoms with E-state index in [1.807, 2.05) is 0 Å². The van der Waals surface area contributed by atoms with Gasteiger partial charge in [0.2, 0.25) is 21.7 Å². The third-order valence-electron chi connectivity index (χ3n) is 5.62. The Balaban J connectivity index is 1.31. The summed E-state index contributed by atoms with van der Waals surface area (Å²) in [7, 11) is -3.80. The van der Waals surface area contributed by atoms with E-state index in [0.29, 0.717) is 42.5 Å². The van der Waals surface area contributed by atoms with E-state index in [9.17, 15) is 17.6 Å². The second-order valence-electron chi connectivity index (χ2n) is 7.78. The number of piperidine rings is 1. The molecule has 0 aliphatic carbocycles. The van der Waals surface area contributed by atoms with Crippen LogP contribution in [-0.2, 0) is 14.8 Å². The molecule has 0 spiro atoms. The Labute approximate surface area is 183 Å². The lowest BCUT2D eigenvalue weighted by Gasteiger charge is -2.35. The van der Waals surface area contributed by atoms with Crippen molar-refractivity contribution in [1.82, 2.24) is 19.8 Å². The smallest absolute Gasteiger partial charge is 0.261 e. The molecule has 2 aromatic carbocycles. The lowest BCUT2D eigenvalue weighted by atomic mass is 9.97. The Morgan fingerprint density at radius 3 is 2.75 bits per heavy atom. The fourth-order valence-corrected chi connectivity index (χ4v) is 5.29. The molecule has 0 saturated carbocycles. The van der Waals surface area contributed by atoms with Gasteiger partial charge in [-0.05, 0) is 49.2 Å². The molecule has 1 saturated heterocycles. The molecule has 2 unspecified atom stereocenters. The summed E-state index contributed by atoms with van der Waals surface area (Å²) in [4.78, 5) is 19.3. The molecule has 0 bridgehead atoms. The number of nitrogens with one attached hydrogen (secondary N) is 2. The summed E-state index contributed by atoms with van der Waals surface area (Å²) in [5, 5.41) is 6.95. The third-order valence-corrected chi connectivity index (χ3v) is 7.10. The Bertz CT molecular complexity index is 1260. The molecule has 32 heavy (non-hydrogen) atoms. The van der Waals surface area contributed by atoms with Crippen LogP contribution in [0.25, 0.3) is 11.4 Å². The summed E-state index contributed by atoms with van der Waals surface area (Å²) in [5.74, 6) is -0.160. The second-order valence-corrected chi connectivity index (χ2v) is 9.46. The lowest BCUT2D eigenvalue weighted by Crippen LogP contribution is -2.56. The van der Waals surface area contributed by atoms with Crippen LogP contribution in [0.4, 0.5) is 10.1 Å². The standard InChI is InChI=1S/C21H20FN5O4S/c22-15-9-7-13(8-10-15)18-24-20(31-25-18)14-4-3-11-27(12-14)21(28)19-23-16-5-1-2-6-17(16)32(29,30)26-19/h1-2,5-10,14,19,23,26H,3-4,11-12H2. The van der Waals surface area contributed by atoms with Crippen LogP contribution in [0.3, 0.4) is 0 Å². The molecule has 5 rings (SSSR count). The fraction of sp³-hybridized carbons (Fsp3) is 0.286. The molecule has 1 amide bonds. The molecule has 1 fully saturated rings. The number of benzene rings is 2. The number of hydrogen-bond donors (Lipinski definition) is 2. The summed E-state index contributed by atoms with van der Waals surface area (Å²) in [5.41, 5.74) is 1.02. The minimum atomic E-state index is -3.80. The number of halogens is 1. The summed E-state index contributed by atoms with van der Waals surface area (Å²) < 4.78 is 46.1. The Morgan fingerprint density at radius 1 is 1.16 bits per heavy atom. The SMILES string of the molecule is O=C(C1Nc2ccccc2S(=O)(=O)N1)N1CCCC(c2nc(-c3ccc(F)cc3)no2)C1. The van der Waals surface area contributed by atoms with Gasteiger partial charge < -0.3 is 14.7 Å². The fourth-order valence-electron chi connectivity index (χ4n) is 4.01. The van der Waals surface area contributed by atoms with Gasteiger partial charge in [-0.2, -0.15) is 9.71 Å². The highest BCUT2D eigenvalue weighted by molar-refractivity contribution is 7.89. The van der Waals surface area contributed by atoms with Gasteiger partial charge in [0.1, 0.15) is 10.7 Å². The van der Waals surface area contributed by atoms with Crippen molar-refractivity contribution < 1.29 is 22.1 Å². The van der Waals surface area contributed by atoms with Gasteiger partial charge in [0.15, 0.2) is 6.17 Å². The number of sulfonamides is 1. The molecule has 11 heteroatoms. The Morgan fingerprint density at radius 2 is 1.94 bits per heavy atom. The van der Waals surface area contributed by atoms with Gasteiger partial charge >= 0.3 is 0 Å². The topological polar surface area (TPSA) is 117 Å². The Kier molecular flexibility index (Phi) is 5.14. The Hall–Kier alpha value is -3.31. The number of carbonyl (C=O) groups excluding carboxylic acids is 1. The van der Waals surface area contributed by atoms with E-state index in [4.69, 9.17) is 4.52 Å². The highest BCUT2D eigenvalue weighted by Gasteiger charge is 2.37. The number of carbonyl (C=O) groups is 1. The van der Waals surface area contributed by atoms with Gasteiger partial charge in [-0.15, -0.1) is 0 Å². The normalized spacial score (nSPS) is 22.1. The number of likely N-dealkylation sites (tertiary alicyclic amines) is 1. The average molecular weight is 457 g/mol. The van der Waals surface area contributed by atoms with Crippen molar-refractivity contribution in [3.8, 4) is 11.4 Å². The number of rotatable bonds is 3. The quantitative estimate of drug-likeness (QED) is 0.620. The van der Waals surface area contributed by atoms with Gasteiger partial charge in [0.25, 0.3) is 5.91 Å². The first kappa shape index (κ1) is 20.6. The predicted octanol–water partition coefficient (Wildman–Crippen LogP) is 2.31. The van der Waals surface area contributed by atoms with E-state index in [1.54, 1.807) is 35.2 Å². The number of hydrogen-bond acceptors (Lipinski definition) is 7. The summed E-state index contributed by atoms with van der Waals surface area (Å²) in [6, 6.07) is 12.2. The zero-order valence-corrected chi connectivity index (χ0v) is 17.7. The first-order valence-corrected chi connectivity index (χ1v) is 11.7. The van der Waals surface area contributed by atoms with Crippen molar-refractivity contribution in [2.75, 3.05) is 18.4 Å².